The fourth-order valence-corrected chi connectivity index (χ4v) is 9.33. The third kappa shape index (κ3) is 4.75. The molecule has 2 aliphatic rings. The first-order valence-electron chi connectivity index (χ1n) is 8.71. The first-order valence-corrected chi connectivity index (χ1v) is 18.2. The van der Waals surface area contributed by atoms with Gasteiger partial charge in [-0.05, 0) is 59.0 Å². The molecular formula is C22H30Cl2SiZr. The first kappa shape index (κ1) is 24.2. The van der Waals surface area contributed by atoms with Crippen molar-refractivity contribution in [3.63, 3.8) is 0 Å². The maximum atomic E-state index is 4.93. The van der Waals surface area contributed by atoms with E-state index in [0.717, 1.165) is 11.1 Å². The average Bonchev–Trinajstić information content (AvgIpc) is 3.20. The third-order valence-electron chi connectivity index (χ3n) is 6.06. The van der Waals surface area contributed by atoms with Crippen molar-refractivity contribution in [1.82, 2.24) is 0 Å². The summed E-state index contributed by atoms with van der Waals surface area (Å²) in [6.45, 7) is 5.29. The summed E-state index contributed by atoms with van der Waals surface area (Å²) in [7, 11) is 8.53. The molecule has 0 heterocycles. The van der Waals surface area contributed by atoms with Crippen LogP contribution in [0, 0.1) is 14.9 Å². The van der Waals surface area contributed by atoms with E-state index < -0.39 is 28.9 Å². The molecule has 0 N–H and O–H groups in total. The number of hydrogen-bond acceptors (Lipinski definition) is 0. The SMILES string of the molecule is C[Si](C)([C@H]1CCc2ccccc21)[C@H]1CCc2ccccc21.[CH3-].[CH3-].[Cl][Zr+2][Cl]. The van der Waals surface area contributed by atoms with E-state index in [1.807, 2.05) is 0 Å². The molecule has 0 saturated carbocycles. The second-order valence-corrected chi connectivity index (χ2v) is 16.2. The van der Waals surface area contributed by atoms with Crippen LogP contribution in [0.15, 0.2) is 48.5 Å². The molecule has 0 fully saturated rings. The van der Waals surface area contributed by atoms with Crippen molar-refractivity contribution in [2.24, 2.45) is 0 Å². The normalized spacial score (nSPS) is 19.7. The van der Waals surface area contributed by atoms with Gasteiger partial charge < -0.3 is 14.9 Å². The monoisotopic (exact) mass is 482 g/mol. The zero-order valence-corrected chi connectivity index (χ0v) is 21.3. The molecule has 2 aromatic carbocycles. The molecule has 0 radical (unpaired) electrons. The van der Waals surface area contributed by atoms with Gasteiger partial charge in [-0.2, -0.15) is 0 Å². The summed E-state index contributed by atoms with van der Waals surface area (Å²) < 4.78 is 0. The van der Waals surface area contributed by atoms with Crippen LogP contribution in [0.25, 0.3) is 0 Å². The Balaban J connectivity index is 0.000000635. The molecule has 0 nitrogen and oxygen atoms in total. The molecule has 0 saturated heterocycles. The molecule has 0 aliphatic heterocycles. The second-order valence-electron chi connectivity index (χ2n) is 7.47. The van der Waals surface area contributed by atoms with Gasteiger partial charge in [-0.25, -0.2) is 0 Å². The quantitative estimate of drug-likeness (QED) is 0.306. The molecule has 0 unspecified atom stereocenters. The van der Waals surface area contributed by atoms with Crippen molar-refractivity contribution in [2.45, 2.75) is 49.9 Å². The minimum atomic E-state index is -1.34. The van der Waals surface area contributed by atoms with E-state index in [-0.39, 0.29) is 14.9 Å². The summed E-state index contributed by atoms with van der Waals surface area (Å²) in [6.07, 6.45) is 5.37. The number of benzene rings is 2. The van der Waals surface area contributed by atoms with Gasteiger partial charge in [0, 0.05) is 0 Å². The summed E-state index contributed by atoms with van der Waals surface area (Å²) in [4.78, 5) is 0. The van der Waals surface area contributed by atoms with Crippen molar-refractivity contribution in [1.29, 1.82) is 0 Å². The molecule has 0 bridgehead atoms. The Labute approximate surface area is 180 Å². The number of aryl methyl sites for hydroxylation is 2. The Morgan fingerprint density at radius 2 is 1.12 bits per heavy atom. The number of rotatable bonds is 2. The summed E-state index contributed by atoms with van der Waals surface area (Å²) >= 11 is -0.826. The number of fused-ring (bicyclic) bond motifs is 2. The zero-order chi connectivity index (χ0) is 17.2. The van der Waals surface area contributed by atoms with Crippen molar-refractivity contribution >= 4 is 25.1 Å². The maximum absolute atomic E-state index is 4.93. The molecule has 4 rings (SSSR count). The van der Waals surface area contributed by atoms with Crippen LogP contribution in [0.5, 0.6) is 0 Å². The van der Waals surface area contributed by atoms with Crippen molar-refractivity contribution < 1.29 is 20.8 Å². The van der Waals surface area contributed by atoms with Crippen LogP contribution in [0.2, 0.25) is 13.1 Å². The molecule has 4 heteroatoms. The van der Waals surface area contributed by atoms with Gasteiger partial charge >= 0.3 is 37.9 Å². The molecule has 2 aliphatic carbocycles. The molecule has 26 heavy (non-hydrogen) atoms. The Kier molecular flexibility index (Phi) is 9.85. The van der Waals surface area contributed by atoms with Crippen LogP contribution < -0.4 is 0 Å². The van der Waals surface area contributed by atoms with E-state index in [2.05, 4.69) is 61.6 Å². The van der Waals surface area contributed by atoms with Crippen LogP contribution in [-0.4, -0.2) is 8.07 Å². The van der Waals surface area contributed by atoms with E-state index in [9.17, 15) is 0 Å². The average molecular weight is 485 g/mol. The molecule has 0 spiro atoms. The van der Waals surface area contributed by atoms with Gasteiger partial charge in [-0.1, -0.05) is 61.6 Å². The van der Waals surface area contributed by atoms with Crippen LogP contribution >= 0.6 is 17.0 Å². The summed E-state index contributed by atoms with van der Waals surface area (Å²) in [5, 5.41) is 0. The Morgan fingerprint density at radius 1 is 0.769 bits per heavy atom. The third-order valence-corrected chi connectivity index (χ3v) is 10.9. The minimum absolute atomic E-state index is 0. The van der Waals surface area contributed by atoms with Gasteiger partial charge in [0.1, 0.15) is 0 Å². The molecule has 2 aromatic rings. The summed E-state index contributed by atoms with van der Waals surface area (Å²) in [5.41, 5.74) is 8.30. The van der Waals surface area contributed by atoms with E-state index in [4.69, 9.17) is 17.0 Å². The van der Waals surface area contributed by atoms with Gasteiger partial charge in [0.15, 0.2) is 0 Å². The topological polar surface area (TPSA) is 0 Å². The summed E-state index contributed by atoms with van der Waals surface area (Å²) in [5.74, 6) is 0. The van der Waals surface area contributed by atoms with Crippen molar-refractivity contribution in [3.05, 3.63) is 85.6 Å². The molecular weight excluding hydrogens is 454 g/mol. The predicted octanol–water partition coefficient (Wildman–Crippen LogP) is 7.51. The fourth-order valence-electron chi connectivity index (χ4n) is 4.90. The molecule has 140 valence electrons. The number of halogens is 2. The van der Waals surface area contributed by atoms with Crippen LogP contribution in [0.3, 0.4) is 0 Å². The second kappa shape index (κ2) is 10.6. The number of hydrogen-bond donors (Lipinski definition) is 0. The van der Waals surface area contributed by atoms with Gasteiger partial charge in [-0.15, -0.1) is 0 Å². The Hall–Kier alpha value is 0.120. The first-order chi connectivity index (χ1) is 11.6. The standard InChI is InChI=1S/C20H24Si.2CH3.2ClH.Zr/c1-21(2,19-13-11-15-7-3-5-9-17(15)19)20-14-12-16-8-4-6-10-18(16)20;;;;;/h3-10,19-20H,11-14H2,1-2H3;2*1H3;2*1H;/q;2*-1;;;+4/p-2/t19-,20-;;;;;/m0...../s1. The van der Waals surface area contributed by atoms with Crippen LogP contribution in [-0.2, 0) is 33.7 Å². The van der Waals surface area contributed by atoms with Gasteiger partial charge in [-0.3, -0.25) is 0 Å². The Bertz CT molecular complexity index is 645. The van der Waals surface area contributed by atoms with E-state index >= 15 is 0 Å². The van der Waals surface area contributed by atoms with Crippen LogP contribution in [0.1, 0.15) is 46.2 Å². The Morgan fingerprint density at radius 3 is 1.50 bits per heavy atom. The zero-order valence-electron chi connectivity index (χ0n) is 16.4. The van der Waals surface area contributed by atoms with Crippen molar-refractivity contribution in [2.75, 3.05) is 0 Å². The summed E-state index contributed by atoms with van der Waals surface area (Å²) in [6, 6.07) is 18.4. The van der Waals surface area contributed by atoms with Gasteiger partial charge in [0.05, 0.1) is 8.07 Å². The van der Waals surface area contributed by atoms with Crippen molar-refractivity contribution in [3.8, 4) is 0 Å². The predicted molar refractivity (Wildman–Crippen MR) is 117 cm³/mol. The van der Waals surface area contributed by atoms with E-state index in [1.54, 1.807) is 22.3 Å². The molecule has 0 aromatic heterocycles. The van der Waals surface area contributed by atoms with Gasteiger partial charge in [0.25, 0.3) is 0 Å². The molecule has 0 amide bonds. The van der Waals surface area contributed by atoms with E-state index in [1.165, 1.54) is 25.7 Å². The van der Waals surface area contributed by atoms with Gasteiger partial charge in [0.2, 0.25) is 0 Å². The van der Waals surface area contributed by atoms with Crippen LogP contribution in [0.4, 0.5) is 0 Å². The molecule has 2 atom stereocenters. The fraction of sp³-hybridized carbons (Fsp3) is 0.364. The van der Waals surface area contributed by atoms with E-state index in [0.29, 0.717) is 0 Å².